The molecule has 4 nitrogen and oxygen atoms in total. The number of rotatable bonds is 6. The lowest BCUT2D eigenvalue weighted by molar-refractivity contribution is 0.102. The van der Waals surface area contributed by atoms with Gasteiger partial charge in [-0.2, -0.15) is 0 Å². The molecule has 1 amide bonds. The number of halogens is 3. The molecule has 168 valence electrons. The lowest BCUT2D eigenvalue weighted by Crippen LogP contribution is -2.15. The number of carbonyl (C=O) groups is 1. The van der Waals surface area contributed by atoms with Crippen LogP contribution in [0.15, 0.2) is 66.7 Å². The van der Waals surface area contributed by atoms with E-state index in [1.165, 1.54) is 0 Å². The third-order valence-corrected chi connectivity index (χ3v) is 4.96. The lowest BCUT2D eigenvalue weighted by atomic mass is 10.0. The SMILES string of the molecule is CC(C)COc1cccc(-c2cc(C(=O)Nc3ccc(F)c(F)c3F)c3ccccc3n2)c1. The highest BCUT2D eigenvalue weighted by Crippen LogP contribution is 2.28. The molecule has 1 N–H and O–H groups in total. The third-order valence-electron chi connectivity index (χ3n) is 4.96. The van der Waals surface area contributed by atoms with Gasteiger partial charge < -0.3 is 10.1 Å². The number of carbonyl (C=O) groups excluding carboxylic acids is 1. The Morgan fingerprint density at radius 2 is 1.76 bits per heavy atom. The van der Waals surface area contributed by atoms with Crippen molar-refractivity contribution >= 4 is 22.5 Å². The molecule has 7 heteroatoms. The van der Waals surface area contributed by atoms with Crippen molar-refractivity contribution in [2.24, 2.45) is 5.92 Å². The first-order chi connectivity index (χ1) is 15.8. The van der Waals surface area contributed by atoms with Gasteiger partial charge in [-0.25, -0.2) is 18.2 Å². The van der Waals surface area contributed by atoms with Crippen molar-refractivity contribution in [2.45, 2.75) is 13.8 Å². The average Bonchev–Trinajstić information content (AvgIpc) is 2.82. The zero-order chi connectivity index (χ0) is 23.5. The number of fused-ring (bicyclic) bond motifs is 1. The van der Waals surface area contributed by atoms with Crippen LogP contribution in [0.3, 0.4) is 0 Å². The number of anilines is 1. The summed E-state index contributed by atoms with van der Waals surface area (Å²) >= 11 is 0. The molecule has 4 aromatic rings. The van der Waals surface area contributed by atoms with E-state index in [9.17, 15) is 18.0 Å². The van der Waals surface area contributed by atoms with Crippen LogP contribution in [0, 0.1) is 23.4 Å². The molecule has 0 spiro atoms. The van der Waals surface area contributed by atoms with Crippen LogP contribution in [0.1, 0.15) is 24.2 Å². The molecule has 0 aliphatic carbocycles. The topological polar surface area (TPSA) is 51.2 Å². The van der Waals surface area contributed by atoms with Crippen molar-refractivity contribution in [2.75, 3.05) is 11.9 Å². The number of pyridine rings is 1. The van der Waals surface area contributed by atoms with Crippen LogP contribution in [0.2, 0.25) is 0 Å². The van der Waals surface area contributed by atoms with Gasteiger partial charge in [0, 0.05) is 10.9 Å². The zero-order valence-corrected chi connectivity index (χ0v) is 18.0. The summed E-state index contributed by atoms with van der Waals surface area (Å²) in [6, 6.07) is 17.7. The maximum absolute atomic E-state index is 14.1. The molecular weight excluding hydrogens is 429 g/mol. The summed E-state index contributed by atoms with van der Waals surface area (Å²) < 4.78 is 46.8. The first-order valence-corrected chi connectivity index (χ1v) is 10.4. The Kier molecular flexibility index (Phi) is 6.31. The number of hydrogen-bond donors (Lipinski definition) is 1. The molecule has 0 bridgehead atoms. The first kappa shape index (κ1) is 22.3. The Balaban J connectivity index is 1.74. The second-order valence-electron chi connectivity index (χ2n) is 7.98. The van der Waals surface area contributed by atoms with Gasteiger partial charge in [-0.05, 0) is 42.3 Å². The first-order valence-electron chi connectivity index (χ1n) is 10.4. The summed E-state index contributed by atoms with van der Waals surface area (Å²) in [5, 5.41) is 2.87. The molecule has 0 saturated heterocycles. The number of benzene rings is 3. The van der Waals surface area contributed by atoms with Crippen molar-refractivity contribution in [1.82, 2.24) is 4.98 Å². The van der Waals surface area contributed by atoms with Crippen LogP contribution in [0.5, 0.6) is 5.75 Å². The van der Waals surface area contributed by atoms with Gasteiger partial charge >= 0.3 is 0 Å². The Hall–Kier alpha value is -3.87. The zero-order valence-electron chi connectivity index (χ0n) is 18.0. The van der Waals surface area contributed by atoms with Crippen LogP contribution in [0.4, 0.5) is 18.9 Å². The summed E-state index contributed by atoms with van der Waals surface area (Å²) in [5.41, 5.74) is 1.56. The van der Waals surface area contributed by atoms with E-state index in [0.29, 0.717) is 34.9 Å². The molecule has 0 atom stereocenters. The minimum Gasteiger partial charge on any atom is -0.493 e. The highest BCUT2D eigenvalue weighted by atomic mass is 19.2. The fraction of sp³-hybridized carbons (Fsp3) is 0.154. The van der Waals surface area contributed by atoms with E-state index in [0.717, 1.165) is 17.7 Å². The molecule has 0 aliphatic rings. The Labute approximate surface area is 189 Å². The van der Waals surface area contributed by atoms with E-state index in [4.69, 9.17) is 4.74 Å². The van der Waals surface area contributed by atoms with Gasteiger partial charge in [0.1, 0.15) is 5.75 Å². The fourth-order valence-corrected chi connectivity index (χ4v) is 3.33. The monoisotopic (exact) mass is 450 g/mol. The maximum Gasteiger partial charge on any atom is 0.256 e. The van der Waals surface area contributed by atoms with Gasteiger partial charge in [-0.1, -0.05) is 44.2 Å². The highest BCUT2D eigenvalue weighted by molar-refractivity contribution is 6.13. The van der Waals surface area contributed by atoms with E-state index < -0.39 is 29.0 Å². The van der Waals surface area contributed by atoms with Gasteiger partial charge in [-0.3, -0.25) is 4.79 Å². The molecule has 0 saturated carbocycles. The smallest absolute Gasteiger partial charge is 0.256 e. The van der Waals surface area contributed by atoms with Crippen LogP contribution >= 0.6 is 0 Å². The Morgan fingerprint density at radius 1 is 0.970 bits per heavy atom. The van der Waals surface area contributed by atoms with E-state index in [-0.39, 0.29) is 5.56 Å². The molecule has 0 radical (unpaired) electrons. The standard InChI is InChI=1S/C26H21F3N2O2/c1-15(2)14-33-17-7-5-6-16(12-17)23-13-19(18-8-3-4-9-21(18)30-23)26(32)31-22-11-10-20(27)24(28)25(22)29/h3-13,15H,14H2,1-2H3,(H,31,32). The molecule has 0 aliphatic heterocycles. The van der Waals surface area contributed by atoms with Crippen molar-refractivity contribution in [3.63, 3.8) is 0 Å². The summed E-state index contributed by atoms with van der Waals surface area (Å²) in [4.78, 5) is 17.7. The average molecular weight is 450 g/mol. The molecule has 1 heterocycles. The van der Waals surface area contributed by atoms with E-state index in [2.05, 4.69) is 24.1 Å². The number of aromatic nitrogens is 1. The molecule has 1 aromatic heterocycles. The van der Waals surface area contributed by atoms with Crippen molar-refractivity contribution < 1.29 is 22.7 Å². The van der Waals surface area contributed by atoms with Crippen molar-refractivity contribution in [3.8, 4) is 17.0 Å². The lowest BCUT2D eigenvalue weighted by Gasteiger charge is -2.13. The minimum atomic E-state index is -1.65. The Morgan fingerprint density at radius 3 is 2.55 bits per heavy atom. The third kappa shape index (κ3) is 4.82. The maximum atomic E-state index is 14.1. The summed E-state index contributed by atoms with van der Waals surface area (Å²) in [6.45, 7) is 4.66. The number of nitrogens with one attached hydrogen (secondary N) is 1. The van der Waals surface area contributed by atoms with Gasteiger partial charge in [0.2, 0.25) is 0 Å². The van der Waals surface area contributed by atoms with Crippen molar-refractivity contribution in [3.05, 3.63) is 89.7 Å². The normalized spacial score (nSPS) is 11.1. The molecular formula is C26H21F3N2O2. The van der Waals surface area contributed by atoms with Gasteiger partial charge in [0.25, 0.3) is 5.91 Å². The van der Waals surface area contributed by atoms with Gasteiger partial charge in [-0.15, -0.1) is 0 Å². The quantitative estimate of drug-likeness (QED) is 0.337. The number of ether oxygens (including phenoxy) is 1. The number of nitrogens with zero attached hydrogens (tertiary/aromatic N) is 1. The number of amides is 1. The fourth-order valence-electron chi connectivity index (χ4n) is 3.33. The second kappa shape index (κ2) is 9.32. The predicted octanol–water partition coefficient (Wildman–Crippen LogP) is 6.61. The number of hydrogen-bond acceptors (Lipinski definition) is 3. The summed E-state index contributed by atoms with van der Waals surface area (Å²) in [6.07, 6.45) is 0. The molecule has 3 aromatic carbocycles. The van der Waals surface area contributed by atoms with Crippen LogP contribution in [-0.2, 0) is 0 Å². The minimum absolute atomic E-state index is 0.216. The molecule has 33 heavy (non-hydrogen) atoms. The van der Waals surface area contributed by atoms with Crippen LogP contribution in [0.25, 0.3) is 22.2 Å². The van der Waals surface area contributed by atoms with Crippen LogP contribution in [-0.4, -0.2) is 17.5 Å². The summed E-state index contributed by atoms with van der Waals surface area (Å²) in [7, 11) is 0. The second-order valence-corrected chi connectivity index (χ2v) is 7.98. The molecule has 0 fully saturated rings. The van der Waals surface area contributed by atoms with E-state index >= 15 is 0 Å². The van der Waals surface area contributed by atoms with E-state index in [1.807, 2.05) is 24.3 Å². The summed E-state index contributed by atoms with van der Waals surface area (Å²) in [5.74, 6) is -4.08. The largest absolute Gasteiger partial charge is 0.493 e. The molecule has 4 rings (SSSR count). The Bertz CT molecular complexity index is 1340. The number of para-hydroxylation sites is 1. The highest BCUT2D eigenvalue weighted by Gasteiger charge is 2.19. The predicted molar refractivity (Wildman–Crippen MR) is 122 cm³/mol. The van der Waals surface area contributed by atoms with Gasteiger partial charge in [0.05, 0.1) is 29.1 Å². The van der Waals surface area contributed by atoms with Crippen molar-refractivity contribution in [1.29, 1.82) is 0 Å². The van der Waals surface area contributed by atoms with Crippen LogP contribution < -0.4 is 10.1 Å². The van der Waals surface area contributed by atoms with Gasteiger partial charge in [0.15, 0.2) is 17.5 Å². The van der Waals surface area contributed by atoms with E-state index in [1.54, 1.807) is 30.3 Å². The molecule has 0 unspecified atom stereocenters.